The Balaban J connectivity index is 2.03. The molecule has 3 aromatic rings. The van der Waals surface area contributed by atoms with E-state index in [1.165, 1.54) is 11.3 Å². The highest BCUT2D eigenvalue weighted by Gasteiger charge is 2.14. The van der Waals surface area contributed by atoms with Crippen molar-refractivity contribution in [1.82, 2.24) is 4.98 Å². The molecule has 0 aliphatic rings. The van der Waals surface area contributed by atoms with Crippen LogP contribution in [-0.4, -0.2) is 11.2 Å². The van der Waals surface area contributed by atoms with Gasteiger partial charge in [-0.1, -0.05) is 30.3 Å². The molecular formula is C15H10N2S3. The molecule has 0 bridgehead atoms. The van der Waals surface area contributed by atoms with Crippen molar-refractivity contribution in [1.29, 1.82) is 5.26 Å². The van der Waals surface area contributed by atoms with Gasteiger partial charge in [0.25, 0.3) is 0 Å². The third kappa shape index (κ3) is 2.50. The third-order valence-electron chi connectivity index (χ3n) is 2.80. The lowest BCUT2D eigenvalue weighted by molar-refractivity contribution is 1.39. The first-order valence-electron chi connectivity index (χ1n) is 5.91. The number of thiazole rings is 1. The molecule has 3 rings (SSSR count). The Hall–Kier alpha value is -1.61. The molecule has 0 aliphatic heterocycles. The second-order valence-electron chi connectivity index (χ2n) is 4.03. The summed E-state index contributed by atoms with van der Waals surface area (Å²) in [4.78, 5) is 5.45. The third-order valence-corrected chi connectivity index (χ3v) is 5.85. The van der Waals surface area contributed by atoms with Gasteiger partial charge in [0, 0.05) is 16.5 Å². The standard InChI is InChI=1S/C15H10N2S3/c1-18-15-12(7-11(8-16)20-15)14-17-13(9-19-14)10-5-3-2-4-6-10/h2-7,9H,1H3. The van der Waals surface area contributed by atoms with Gasteiger partial charge in [0.2, 0.25) is 0 Å². The summed E-state index contributed by atoms with van der Waals surface area (Å²) in [5.41, 5.74) is 3.19. The number of hydrogen-bond donors (Lipinski definition) is 0. The zero-order valence-corrected chi connectivity index (χ0v) is 13.1. The average Bonchev–Trinajstić information content (AvgIpc) is 3.14. The van der Waals surface area contributed by atoms with E-state index < -0.39 is 0 Å². The van der Waals surface area contributed by atoms with Crippen molar-refractivity contribution in [3.63, 3.8) is 0 Å². The maximum absolute atomic E-state index is 9.04. The topological polar surface area (TPSA) is 36.7 Å². The second-order valence-corrected chi connectivity index (χ2v) is 7.02. The molecule has 98 valence electrons. The lowest BCUT2D eigenvalue weighted by Gasteiger charge is -1.96. The Kier molecular flexibility index (Phi) is 3.88. The molecule has 0 atom stereocenters. The van der Waals surface area contributed by atoms with Crippen LogP contribution in [0.4, 0.5) is 0 Å². The summed E-state index contributed by atoms with van der Waals surface area (Å²) in [6.07, 6.45) is 2.03. The van der Waals surface area contributed by atoms with Crippen LogP contribution in [0.15, 0.2) is 46.0 Å². The molecule has 2 nitrogen and oxygen atoms in total. The molecule has 0 N–H and O–H groups in total. The zero-order valence-electron chi connectivity index (χ0n) is 10.7. The summed E-state index contributed by atoms with van der Waals surface area (Å²) in [5.74, 6) is 0. The zero-order chi connectivity index (χ0) is 13.9. The minimum Gasteiger partial charge on any atom is -0.236 e. The first kappa shape index (κ1) is 13.4. The minimum absolute atomic E-state index is 0.737. The number of aromatic nitrogens is 1. The number of thiophene rings is 1. The maximum Gasteiger partial charge on any atom is 0.126 e. The van der Waals surface area contributed by atoms with Crippen molar-refractivity contribution in [2.75, 3.05) is 6.26 Å². The second kappa shape index (κ2) is 5.80. The monoisotopic (exact) mass is 314 g/mol. The highest BCUT2D eigenvalue weighted by atomic mass is 32.2. The number of nitrogens with zero attached hydrogens (tertiary/aromatic N) is 2. The van der Waals surface area contributed by atoms with Crippen LogP contribution in [0.3, 0.4) is 0 Å². The van der Waals surface area contributed by atoms with Crippen LogP contribution in [-0.2, 0) is 0 Å². The van der Waals surface area contributed by atoms with Crippen LogP contribution in [0.5, 0.6) is 0 Å². The fourth-order valence-corrected chi connectivity index (χ4v) is 4.52. The van der Waals surface area contributed by atoms with Gasteiger partial charge in [-0.25, -0.2) is 4.98 Å². The van der Waals surface area contributed by atoms with Crippen molar-refractivity contribution < 1.29 is 0 Å². The lowest BCUT2D eigenvalue weighted by atomic mass is 10.2. The van der Waals surface area contributed by atoms with Gasteiger partial charge >= 0.3 is 0 Å². The first-order valence-corrected chi connectivity index (χ1v) is 8.83. The van der Waals surface area contributed by atoms with Gasteiger partial charge < -0.3 is 0 Å². The van der Waals surface area contributed by atoms with Gasteiger partial charge in [-0.15, -0.1) is 34.4 Å². The Bertz CT molecular complexity index is 766. The fraction of sp³-hybridized carbons (Fsp3) is 0.0667. The van der Waals surface area contributed by atoms with Crippen LogP contribution in [0, 0.1) is 11.3 Å². The molecule has 5 heteroatoms. The minimum atomic E-state index is 0.737. The Morgan fingerprint density at radius 3 is 2.75 bits per heavy atom. The smallest absolute Gasteiger partial charge is 0.126 e. The van der Waals surface area contributed by atoms with Crippen LogP contribution >= 0.6 is 34.4 Å². The van der Waals surface area contributed by atoms with Gasteiger partial charge in [-0.05, 0) is 12.3 Å². The first-order chi connectivity index (χ1) is 9.81. The molecule has 0 spiro atoms. The molecule has 2 heterocycles. The van der Waals surface area contributed by atoms with E-state index in [-0.39, 0.29) is 0 Å². The number of hydrogen-bond acceptors (Lipinski definition) is 5. The average molecular weight is 314 g/mol. The predicted molar refractivity (Wildman–Crippen MR) is 87.4 cm³/mol. The molecule has 1 aromatic carbocycles. The summed E-state index contributed by atoms with van der Waals surface area (Å²) >= 11 is 4.82. The van der Waals surface area contributed by atoms with Crippen LogP contribution in [0.2, 0.25) is 0 Å². The number of benzene rings is 1. The van der Waals surface area contributed by atoms with Crippen LogP contribution in [0.1, 0.15) is 4.88 Å². The number of nitriles is 1. The SMILES string of the molecule is CSc1sc(C#N)cc1-c1nc(-c2ccccc2)cs1. The summed E-state index contributed by atoms with van der Waals surface area (Å²) in [6.45, 7) is 0. The molecule has 0 saturated heterocycles. The molecule has 0 unspecified atom stereocenters. The molecule has 0 saturated carbocycles. The molecule has 0 radical (unpaired) electrons. The van der Waals surface area contributed by atoms with Crippen molar-refractivity contribution in [2.24, 2.45) is 0 Å². The highest BCUT2D eigenvalue weighted by Crippen LogP contribution is 2.39. The summed E-state index contributed by atoms with van der Waals surface area (Å²) < 4.78 is 1.15. The number of thioether (sulfide) groups is 1. The van der Waals surface area contributed by atoms with Crippen molar-refractivity contribution >= 4 is 34.4 Å². The summed E-state index contributed by atoms with van der Waals surface area (Å²) in [6, 6.07) is 14.3. The fourth-order valence-electron chi connectivity index (χ4n) is 1.87. The molecule has 2 aromatic heterocycles. The van der Waals surface area contributed by atoms with Gasteiger partial charge in [-0.2, -0.15) is 5.26 Å². The van der Waals surface area contributed by atoms with E-state index >= 15 is 0 Å². The van der Waals surface area contributed by atoms with Gasteiger partial charge in [0.15, 0.2) is 0 Å². The summed E-state index contributed by atoms with van der Waals surface area (Å²) in [7, 11) is 0. The van der Waals surface area contributed by atoms with E-state index in [2.05, 4.69) is 23.6 Å². The van der Waals surface area contributed by atoms with E-state index in [9.17, 15) is 0 Å². The van der Waals surface area contributed by atoms with Crippen molar-refractivity contribution in [3.05, 3.63) is 46.7 Å². The van der Waals surface area contributed by atoms with Gasteiger partial charge in [0.05, 0.1) is 9.90 Å². The molecule has 0 aliphatic carbocycles. The largest absolute Gasteiger partial charge is 0.236 e. The van der Waals surface area contributed by atoms with Gasteiger partial charge in [-0.3, -0.25) is 0 Å². The highest BCUT2D eigenvalue weighted by molar-refractivity contribution is 8.00. The number of rotatable bonds is 3. The Morgan fingerprint density at radius 1 is 1.25 bits per heavy atom. The lowest BCUT2D eigenvalue weighted by Crippen LogP contribution is -1.78. The molecule has 20 heavy (non-hydrogen) atoms. The van der Waals surface area contributed by atoms with E-state index in [1.54, 1.807) is 23.1 Å². The van der Waals surface area contributed by atoms with Crippen LogP contribution < -0.4 is 0 Å². The van der Waals surface area contributed by atoms with E-state index in [0.29, 0.717) is 0 Å². The molecule has 0 amide bonds. The van der Waals surface area contributed by atoms with E-state index in [0.717, 1.165) is 30.9 Å². The van der Waals surface area contributed by atoms with Crippen LogP contribution in [0.25, 0.3) is 21.8 Å². The van der Waals surface area contributed by atoms with Crippen molar-refractivity contribution in [3.8, 4) is 27.9 Å². The van der Waals surface area contributed by atoms with E-state index in [1.807, 2.05) is 30.5 Å². The predicted octanol–water partition coefficient (Wildman–Crippen LogP) is 5.13. The quantitative estimate of drug-likeness (QED) is 0.629. The van der Waals surface area contributed by atoms with Gasteiger partial charge in [0.1, 0.15) is 16.0 Å². The molecule has 0 fully saturated rings. The Morgan fingerprint density at radius 2 is 2.05 bits per heavy atom. The summed E-state index contributed by atoms with van der Waals surface area (Å²) in [5, 5.41) is 12.1. The normalized spacial score (nSPS) is 10.4. The Labute approximate surface area is 129 Å². The van der Waals surface area contributed by atoms with E-state index in [4.69, 9.17) is 10.2 Å². The molecular weight excluding hydrogens is 304 g/mol. The maximum atomic E-state index is 9.04. The van der Waals surface area contributed by atoms with Crippen molar-refractivity contribution in [2.45, 2.75) is 4.21 Å².